The van der Waals surface area contributed by atoms with Crippen molar-refractivity contribution < 1.29 is 9.53 Å². The second kappa shape index (κ2) is 7.94. The highest BCUT2D eigenvalue weighted by Crippen LogP contribution is 2.25. The number of para-hydroxylation sites is 1. The Morgan fingerprint density at radius 3 is 2.67 bits per heavy atom. The second-order valence-corrected chi connectivity index (χ2v) is 7.00. The van der Waals surface area contributed by atoms with Crippen molar-refractivity contribution in [3.63, 3.8) is 0 Å². The van der Waals surface area contributed by atoms with E-state index >= 15 is 0 Å². The third-order valence-corrected chi connectivity index (χ3v) is 4.84. The molecule has 1 aromatic carbocycles. The van der Waals surface area contributed by atoms with Crippen LogP contribution in [-0.2, 0) is 22.5 Å². The van der Waals surface area contributed by atoms with Gasteiger partial charge in [-0.3, -0.25) is 14.7 Å². The van der Waals surface area contributed by atoms with Crippen LogP contribution in [0.3, 0.4) is 0 Å². The molecule has 4 rings (SSSR count). The van der Waals surface area contributed by atoms with Crippen LogP contribution in [0.25, 0.3) is 22.3 Å². The number of hydrogen-bond acceptors (Lipinski definition) is 5. The molecule has 3 aromatic rings. The number of pyridine rings is 2. The SMILES string of the molecule is CC(=O)Cc1ccc(-c2cc(CN3CCOCC3)c3ccccc3n2)nc1. The van der Waals surface area contributed by atoms with E-state index < -0.39 is 0 Å². The summed E-state index contributed by atoms with van der Waals surface area (Å²) in [5, 5.41) is 1.18. The van der Waals surface area contributed by atoms with Crippen LogP contribution in [0.5, 0.6) is 0 Å². The van der Waals surface area contributed by atoms with Gasteiger partial charge in [0.05, 0.1) is 30.1 Å². The van der Waals surface area contributed by atoms with Gasteiger partial charge in [0.1, 0.15) is 5.78 Å². The molecule has 0 unspecified atom stereocenters. The largest absolute Gasteiger partial charge is 0.379 e. The summed E-state index contributed by atoms with van der Waals surface area (Å²) in [4.78, 5) is 23.1. The summed E-state index contributed by atoms with van der Waals surface area (Å²) in [6.07, 6.45) is 2.19. The number of carbonyl (C=O) groups excluding carboxylic acids is 1. The Balaban J connectivity index is 1.69. The maximum Gasteiger partial charge on any atom is 0.134 e. The van der Waals surface area contributed by atoms with Gasteiger partial charge in [-0.2, -0.15) is 0 Å². The highest BCUT2D eigenvalue weighted by molar-refractivity contribution is 5.85. The standard InChI is InChI=1S/C22H23N3O2/c1-16(26)12-17-6-7-21(23-14-17)22-13-18(15-25-8-10-27-11-9-25)19-4-2-3-5-20(19)24-22/h2-7,13-14H,8-12,15H2,1H3. The molecule has 0 radical (unpaired) electrons. The van der Waals surface area contributed by atoms with E-state index in [2.05, 4.69) is 28.1 Å². The molecule has 138 valence electrons. The molecule has 1 aliphatic rings. The first kappa shape index (κ1) is 17.8. The molecular formula is C22H23N3O2. The minimum atomic E-state index is 0.140. The Labute approximate surface area is 159 Å². The van der Waals surface area contributed by atoms with Gasteiger partial charge in [0.2, 0.25) is 0 Å². The molecule has 0 saturated carbocycles. The fourth-order valence-corrected chi connectivity index (χ4v) is 3.48. The van der Waals surface area contributed by atoms with Gasteiger partial charge in [0.25, 0.3) is 0 Å². The summed E-state index contributed by atoms with van der Waals surface area (Å²) in [7, 11) is 0. The summed E-state index contributed by atoms with van der Waals surface area (Å²) in [6.45, 7) is 5.94. The van der Waals surface area contributed by atoms with E-state index in [4.69, 9.17) is 9.72 Å². The van der Waals surface area contributed by atoms with Crippen LogP contribution in [0, 0.1) is 0 Å². The number of ketones is 1. The van der Waals surface area contributed by atoms with E-state index in [9.17, 15) is 4.79 Å². The summed E-state index contributed by atoms with van der Waals surface area (Å²) < 4.78 is 5.47. The molecule has 0 bridgehead atoms. The Morgan fingerprint density at radius 1 is 1.11 bits per heavy atom. The molecule has 1 fully saturated rings. The predicted octanol–water partition coefficient (Wildman–Crippen LogP) is 3.26. The van der Waals surface area contributed by atoms with Gasteiger partial charge in [-0.15, -0.1) is 0 Å². The summed E-state index contributed by atoms with van der Waals surface area (Å²) in [6, 6.07) is 14.3. The number of ether oxygens (including phenoxy) is 1. The lowest BCUT2D eigenvalue weighted by atomic mass is 10.0. The molecule has 1 aliphatic heterocycles. The van der Waals surface area contributed by atoms with Crippen molar-refractivity contribution in [3.05, 3.63) is 59.8 Å². The molecule has 0 N–H and O–H groups in total. The average molecular weight is 361 g/mol. The van der Waals surface area contributed by atoms with Gasteiger partial charge in [-0.1, -0.05) is 24.3 Å². The van der Waals surface area contributed by atoms with Crippen molar-refractivity contribution in [3.8, 4) is 11.4 Å². The molecule has 0 amide bonds. The molecule has 0 aliphatic carbocycles. The molecule has 5 heteroatoms. The van der Waals surface area contributed by atoms with Crippen LogP contribution >= 0.6 is 0 Å². The van der Waals surface area contributed by atoms with Crippen molar-refractivity contribution >= 4 is 16.7 Å². The van der Waals surface area contributed by atoms with E-state index in [1.54, 1.807) is 13.1 Å². The van der Waals surface area contributed by atoms with Crippen molar-refractivity contribution in [2.24, 2.45) is 0 Å². The summed E-state index contributed by atoms with van der Waals surface area (Å²) in [5.74, 6) is 0.140. The van der Waals surface area contributed by atoms with Gasteiger partial charge in [0.15, 0.2) is 0 Å². The molecule has 1 saturated heterocycles. The Bertz CT molecular complexity index is 947. The van der Waals surface area contributed by atoms with Crippen LogP contribution < -0.4 is 0 Å². The molecule has 0 spiro atoms. The number of aromatic nitrogens is 2. The van der Waals surface area contributed by atoms with E-state index in [1.807, 2.05) is 24.3 Å². The van der Waals surface area contributed by atoms with Crippen LogP contribution in [0.2, 0.25) is 0 Å². The molecular weight excluding hydrogens is 338 g/mol. The highest BCUT2D eigenvalue weighted by Gasteiger charge is 2.14. The fourth-order valence-electron chi connectivity index (χ4n) is 3.48. The molecule has 3 heterocycles. The number of hydrogen-bond donors (Lipinski definition) is 0. The maximum atomic E-state index is 11.3. The van der Waals surface area contributed by atoms with E-state index in [0.717, 1.165) is 55.3 Å². The lowest BCUT2D eigenvalue weighted by Crippen LogP contribution is -2.35. The van der Waals surface area contributed by atoms with Crippen LogP contribution in [-0.4, -0.2) is 47.0 Å². The number of rotatable bonds is 5. The first-order valence-electron chi connectivity index (χ1n) is 9.32. The molecule has 27 heavy (non-hydrogen) atoms. The Kier molecular flexibility index (Phi) is 5.23. The molecule has 2 aromatic heterocycles. The Morgan fingerprint density at radius 2 is 1.93 bits per heavy atom. The first-order valence-corrected chi connectivity index (χ1v) is 9.32. The van der Waals surface area contributed by atoms with E-state index in [0.29, 0.717) is 6.42 Å². The average Bonchev–Trinajstić information content (AvgIpc) is 2.69. The zero-order valence-corrected chi connectivity index (χ0v) is 15.5. The van der Waals surface area contributed by atoms with Crippen LogP contribution in [0.15, 0.2) is 48.7 Å². The van der Waals surface area contributed by atoms with Crippen molar-refractivity contribution in [1.82, 2.24) is 14.9 Å². The normalized spacial score (nSPS) is 15.1. The lowest BCUT2D eigenvalue weighted by Gasteiger charge is -2.27. The van der Waals surface area contributed by atoms with Crippen molar-refractivity contribution in [2.45, 2.75) is 19.9 Å². The Hall–Kier alpha value is -2.63. The third-order valence-electron chi connectivity index (χ3n) is 4.84. The predicted molar refractivity (Wildman–Crippen MR) is 105 cm³/mol. The number of benzene rings is 1. The van der Waals surface area contributed by atoms with Gasteiger partial charge in [-0.25, -0.2) is 4.98 Å². The van der Waals surface area contributed by atoms with Crippen LogP contribution in [0.1, 0.15) is 18.1 Å². The number of nitrogens with zero attached hydrogens (tertiary/aromatic N) is 3. The van der Waals surface area contributed by atoms with Crippen molar-refractivity contribution in [1.29, 1.82) is 0 Å². The number of morpholine rings is 1. The second-order valence-electron chi connectivity index (χ2n) is 7.00. The van der Waals surface area contributed by atoms with Crippen LogP contribution in [0.4, 0.5) is 0 Å². The minimum absolute atomic E-state index is 0.140. The summed E-state index contributed by atoms with van der Waals surface area (Å²) in [5.41, 5.74) is 4.86. The van der Waals surface area contributed by atoms with Gasteiger partial charge < -0.3 is 4.74 Å². The first-order chi connectivity index (χ1) is 13.2. The monoisotopic (exact) mass is 361 g/mol. The number of fused-ring (bicyclic) bond motifs is 1. The smallest absolute Gasteiger partial charge is 0.134 e. The van der Waals surface area contributed by atoms with Gasteiger partial charge >= 0.3 is 0 Å². The highest BCUT2D eigenvalue weighted by atomic mass is 16.5. The maximum absolute atomic E-state index is 11.3. The van der Waals surface area contributed by atoms with Gasteiger partial charge in [-0.05, 0) is 36.2 Å². The molecule has 5 nitrogen and oxygen atoms in total. The molecule has 0 atom stereocenters. The third kappa shape index (κ3) is 4.21. The summed E-state index contributed by atoms with van der Waals surface area (Å²) >= 11 is 0. The topological polar surface area (TPSA) is 55.3 Å². The van der Waals surface area contributed by atoms with Crippen molar-refractivity contribution in [2.75, 3.05) is 26.3 Å². The number of carbonyl (C=O) groups is 1. The number of Topliss-reactive ketones (excluding diaryl/α,β-unsaturated/α-hetero) is 1. The van der Waals surface area contributed by atoms with Gasteiger partial charge in [0, 0.05) is 37.6 Å². The lowest BCUT2D eigenvalue weighted by molar-refractivity contribution is -0.116. The van der Waals surface area contributed by atoms with E-state index in [1.165, 1.54) is 10.9 Å². The zero-order chi connectivity index (χ0) is 18.6. The quantitative estimate of drug-likeness (QED) is 0.698. The minimum Gasteiger partial charge on any atom is -0.379 e. The fraction of sp³-hybridized carbons (Fsp3) is 0.318. The zero-order valence-electron chi connectivity index (χ0n) is 15.5. The van der Waals surface area contributed by atoms with E-state index in [-0.39, 0.29) is 5.78 Å².